The van der Waals surface area contributed by atoms with Crippen LogP contribution in [-0.2, 0) is 10.0 Å². The number of halogens is 2. The number of carbonyl (C=O) groups excluding carboxylic acids is 1. The van der Waals surface area contributed by atoms with Crippen LogP contribution in [-0.4, -0.2) is 43.2 Å². The minimum atomic E-state index is -3.86. The number of aromatic nitrogens is 2. The number of pyridine rings is 1. The van der Waals surface area contributed by atoms with Crippen LogP contribution >= 0.6 is 0 Å². The maximum Gasteiger partial charge on any atom is 0.232 e. The van der Waals surface area contributed by atoms with E-state index in [4.69, 9.17) is 5.73 Å². The molecule has 0 radical (unpaired) electrons. The van der Waals surface area contributed by atoms with E-state index in [9.17, 15) is 17.6 Å². The van der Waals surface area contributed by atoms with Crippen LogP contribution in [0, 0.1) is 11.6 Å². The van der Waals surface area contributed by atoms with Crippen molar-refractivity contribution >= 4 is 44.4 Å². The minimum Gasteiger partial charge on any atom is -0.398 e. The van der Waals surface area contributed by atoms with Crippen molar-refractivity contribution in [1.82, 2.24) is 9.97 Å². The van der Waals surface area contributed by atoms with Crippen molar-refractivity contribution in [2.45, 2.75) is 13.3 Å². The van der Waals surface area contributed by atoms with Crippen LogP contribution in [0.2, 0.25) is 0 Å². The van der Waals surface area contributed by atoms with E-state index in [0.717, 1.165) is 17.7 Å². The standard InChI is InChI=1S/C25H23F2N5O3S/c1-3-8-36(34,35)32-21-7-5-19(26)22(23(21)27)24(33)18-13-31-25-17(18)10-15(12-30-25)14-4-6-20(28)16(9-14)11-29-2/h4-7,9-13,32H,3,8,28H2,1-2H3,(H,30,31). The van der Waals surface area contributed by atoms with Gasteiger partial charge in [0.05, 0.1) is 17.0 Å². The van der Waals surface area contributed by atoms with Gasteiger partial charge in [-0.2, -0.15) is 0 Å². The molecule has 4 rings (SSSR count). The molecule has 4 aromatic rings. The molecule has 2 heterocycles. The van der Waals surface area contributed by atoms with Gasteiger partial charge in [0, 0.05) is 53.4 Å². The highest BCUT2D eigenvalue weighted by molar-refractivity contribution is 7.92. The molecule has 2 aromatic heterocycles. The van der Waals surface area contributed by atoms with Gasteiger partial charge in [-0.1, -0.05) is 13.0 Å². The Bertz CT molecular complexity index is 1610. The number of ketones is 1. The molecule has 0 aliphatic carbocycles. The number of nitrogens with two attached hydrogens (primary N) is 1. The topological polar surface area (TPSA) is 130 Å². The number of H-pyrrole nitrogens is 1. The van der Waals surface area contributed by atoms with Gasteiger partial charge in [-0.25, -0.2) is 22.2 Å². The van der Waals surface area contributed by atoms with Crippen molar-refractivity contribution in [3.8, 4) is 11.1 Å². The van der Waals surface area contributed by atoms with Crippen molar-refractivity contribution in [2.75, 3.05) is 23.3 Å². The van der Waals surface area contributed by atoms with Crippen LogP contribution in [0.4, 0.5) is 20.2 Å². The molecule has 2 aromatic carbocycles. The maximum absolute atomic E-state index is 15.2. The van der Waals surface area contributed by atoms with Gasteiger partial charge in [0.25, 0.3) is 0 Å². The Morgan fingerprint density at radius 3 is 2.69 bits per heavy atom. The first-order valence-electron chi connectivity index (χ1n) is 11.0. The zero-order valence-electron chi connectivity index (χ0n) is 19.5. The summed E-state index contributed by atoms with van der Waals surface area (Å²) in [7, 11) is -2.23. The Kier molecular flexibility index (Phi) is 6.84. The van der Waals surface area contributed by atoms with Gasteiger partial charge in [0.15, 0.2) is 5.82 Å². The van der Waals surface area contributed by atoms with Crippen LogP contribution in [0.5, 0.6) is 0 Å². The monoisotopic (exact) mass is 511 g/mol. The summed E-state index contributed by atoms with van der Waals surface area (Å²) < 4.78 is 56.1. The quantitative estimate of drug-likeness (QED) is 0.182. The SMILES string of the molecule is CCCS(=O)(=O)Nc1ccc(F)c(C(=O)c2c[nH]c3ncc(-c4ccc(N)c(C=NC)c4)cc23)c1F. The Balaban J connectivity index is 1.78. The second-order valence-corrected chi connectivity index (χ2v) is 9.93. The number of aliphatic imine (C=N–C) groups is 1. The van der Waals surface area contributed by atoms with Crippen molar-refractivity contribution in [3.63, 3.8) is 0 Å². The van der Waals surface area contributed by atoms with Gasteiger partial charge >= 0.3 is 0 Å². The highest BCUT2D eigenvalue weighted by Crippen LogP contribution is 2.30. The number of benzene rings is 2. The van der Waals surface area contributed by atoms with Gasteiger partial charge < -0.3 is 10.7 Å². The van der Waals surface area contributed by atoms with Crippen LogP contribution in [0.25, 0.3) is 22.2 Å². The number of hydrogen-bond acceptors (Lipinski definition) is 6. The third-order valence-electron chi connectivity index (χ3n) is 5.52. The van der Waals surface area contributed by atoms with E-state index in [-0.39, 0.29) is 11.3 Å². The van der Waals surface area contributed by atoms with E-state index in [1.165, 1.54) is 6.20 Å². The molecular formula is C25H23F2N5O3S. The molecule has 11 heteroatoms. The van der Waals surface area contributed by atoms with Crippen molar-refractivity contribution in [1.29, 1.82) is 0 Å². The Labute approximate surface area is 206 Å². The second-order valence-electron chi connectivity index (χ2n) is 8.09. The average Bonchev–Trinajstić information content (AvgIpc) is 3.26. The molecule has 8 nitrogen and oxygen atoms in total. The minimum absolute atomic E-state index is 0.0171. The molecule has 0 aliphatic rings. The first-order chi connectivity index (χ1) is 17.1. The Hall–Kier alpha value is -4.12. The summed E-state index contributed by atoms with van der Waals surface area (Å²) in [5.41, 5.74) is 7.57. The van der Waals surface area contributed by atoms with Crippen molar-refractivity contribution in [3.05, 3.63) is 77.1 Å². The molecule has 0 bridgehead atoms. The van der Waals surface area contributed by atoms with Crippen LogP contribution < -0.4 is 10.5 Å². The van der Waals surface area contributed by atoms with Crippen LogP contribution in [0.3, 0.4) is 0 Å². The van der Waals surface area contributed by atoms with E-state index in [1.54, 1.807) is 44.6 Å². The molecule has 0 unspecified atom stereocenters. The predicted molar refractivity (Wildman–Crippen MR) is 137 cm³/mol. The van der Waals surface area contributed by atoms with E-state index < -0.39 is 38.7 Å². The predicted octanol–water partition coefficient (Wildman–Crippen LogP) is 4.52. The van der Waals surface area contributed by atoms with E-state index in [2.05, 4.69) is 19.7 Å². The average molecular weight is 512 g/mol. The van der Waals surface area contributed by atoms with Gasteiger partial charge in [0.1, 0.15) is 11.5 Å². The lowest BCUT2D eigenvalue weighted by molar-refractivity contribution is 0.103. The number of nitrogen functional groups attached to an aromatic ring is 1. The molecule has 0 amide bonds. The van der Waals surface area contributed by atoms with Crippen LogP contribution in [0.1, 0.15) is 34.8 Å². The summed E-state index contributed by atoms with van der Waals surface area (Å²) in [6, 6.07) is 8.78. The van der Waals surface area contributed by atoms with Crippen molar-refractivity contribution in [2.24, 2.45) is 4.99 Å². The van der Waals surface area contributed by atoms with Crippen LogP contribution in [0.15, 0.2) is 53.8 Å². The summed E-state index contributed by atoms with van der Waals surface area (Å²) >= 11 is 0. The fraction of sp³-hybridized carbons (Fsp3) is 0.160. The zero-order chi connectivity index (χ0) is 26.0. The van der Waals surface area contributed by atoms with Gasteiger partial charge in [-0.15, -0.1) is 0 Å². The molecule has 0 saturated heterocycles. The number of hydrogen-bond donors (Lipinski definition) is 3. The molecular weight excluding hydrogens is 488 g/mol. The number of fused-ring (bicyclic) bond motifs is 1. The van der Waals surface area contributed by atoms with E-state index in [0.29, 0.717) is 34.3 Å². The number of nitrogens with one attached hydrogen (secondary N) is 2. The maximum atomic E-state index is 15.2. The zero-order valence-corrected chi connectivity index (χ0v) is 20.3. The van der Waals surface area contributed by atoms with E-state index in [1.807, 2.05) is 6.07 Å². The largest absolute Gasteiger partial charge is 0.398 e. The lowest BCUT2D eigenvalue weighted by Crippen LogP contribution is -2.18. The van der Waals surface area contributed by atoms with E-state index >= 15 is 4.39 Å². The Morgan fingerprint density at radius 2 is 1.97 bits per heavy atom. The number of rotatable bonds is 8. The Morgan fingerprint density at radius 1 is 1.19 bits per heavy atom. The molecule has 0 spiro atoms. The number of aromatic amines is 1. The highest BCUT2D eigenvalue weighted by atomic mass is 32.2. The number of carbonyl (C=O) groups is 1. The van der Waals surface area contributed by atoms with Gasteiger partial charge in [0.2, 0.25) is 15.8 Å². The summed E-state index contributed by atoms with van der Waals surface area (Å²) in [6.45, 7) is 1.65. The lowest BCUT2D eigenvalue weighted by atomic mass is 9.99. The third-order valence-corrected chi connectivity index (χ3v) is 7.00. The molecule has 0 saturated carbocycles. The molecule has 0 fully saturated rings. The fourth-order valence-corrected chi connectivity index (χ4v) is 4.95. The van der Waals surface area contributed by atoms with Gasteiger partial charge in [-0.3, -0.25) is 14.5 Å². The molecule has 4 N–H and O–H groups in total. The smallest absolute Gasteiger partial charge is 0.232 e. The molecule has 36 heavy (non-hydrogen) atoms. The first-order valence-corrected chi connectivity index (χ1v) is 12.6. The van der Waals surface area contributed by atoms with Crippen molar-refractivity contribution < 1.29 is 22.0 Å². The first kappa shape index (κ1) is 25.0. The summed E-state index contributed by atoms with van der Waals surface area (Å²) in [4.78, 5) is 24.5. The highest BCUT2D eigenvalue weighted by Gasteiger charge is 2.26. The normalized spacial score (nSPS) is 11.9. The lowest BCUT2D eigenvalue weighted by Gasteiger charge is -2.11. The number of nitrogens with zero attached hydrogens (tertiary/aromatic N) is 2. The number of anilines is 2. The summed E-state index contributed by atoms with van der Waals surface area (Å²) in [5.74, 6) is -3.61. The fourth-order valence-electron chi connectivity index (χ4n) is 3.82. The molecule has 0 atom stereocenters. The number of sulfonamides is 1. The second kappa shape index (κ2) is 9.86. The summed E-state index contributed by atoms with van der Waals surface area (Å²) in [6.07, 6.45) is 4.82. The third kappa shape index (κ3) is 4.82. The summed E-state index contributed by atoms with van der Waals surface area (Å²) in [5, 5.41) is 0.343. The molecule has 0 aliphatic heterocycles. The van der Waals surface area contributed by atoms with Gasteiger partial charge in [-0.05, 0) is 42.3 Å². The molecule has 186 valence electrons.